The van der Waals surface area contributed by atoms with Gasteiger partial charge >= 0.3 is 5.97 Å². The maximum Gasteiger partial charge on any atom is 0.308 e. The molecule has 1 saturated carbocycles. The Bertz CT molecular complexity index is 1310. The largest absolute Gasteiger partial charge is 0.497 e. The van der Waals surface area contributed by atoms with Crippen molar-refractivity contribution in [1.29, 1.82) is 0 Å². The van der Waals surface area contributed by atoms with E-state index < -0.39 is 35.4 Å². The van der Waals surface area contributed by atoms with Crippen molar-refractivity contribution >= 4 is 16.9 Å². The van der Waals surface area contributed by atoms with Gasteiger partial charge in [0.15, 0.2) is 0 Å². The molecule has 5 rings (SSSR count). The Kier molecular flexibility index (Phi) is 7.59. The van der Waals surface area contributed by atoms with Crippen LogP contribution in [0.3, 0.4) is 0 Å². The second-order valence-electron chi connectivity index (χ2n) is 10.5. The molecule has 0 radical (unpaired) electrons. The summed E-state index contributed by atoms with van der Waals surface area (Å²) in [7, 11) is 1.51. The Morgan fingerprint density at radius 1 is 1.16 bits per heavy atom. The lowest BCUT2D eigenvalue weighted by Crippen LogP contribution is -2.52. The zero-order valence-electron chi connectivity index (χ0n) is 21.1. The van der Waals surface area contributed by atoms with Crippen molar-refractivity contribution in [2.24, 2.45) is 11.8 Å². The van der Waals surface area contributed by atoms with E-state index in [0.717, 1.165) is 25.1 Å². The average Bonchev–Trinajstić information content (AvgIpc) is 2.85. The van der Waals surface area contributed by atoms with Gasteiger partial charge in [-0.15, -0.1) is 0 Å². The predicted molar refractivity (Wildman–Crippen MR) is 135 cm³/mol. The molecule has 0 amide bonds. The standard InChI is InChI=1S/C29H31F3N2O4/c1-38-22-3-4-26-23(13-22)28(25(32)14-33-26)27(35)5-2-16-6-7-34(15-24(16)29(36)37)21-10-18(11-21)17-8-19(30)12-20(31)9-17/h3-4,8-9,12-14,16,18,21,24,27,35H,2,5-7,10-11,15H2,1H3,(H,36,37)/t16-,18?,21?,24+,27+/m1/s1. The highest BCUT2D eigenvalue weighted by atomic mass is 19.1. The smallest absolute Gasteiger partial charge is 0.308 e. The van der Waals surface area contributed by atoms with Crippen molar-refractivity contribution in [2.75, 3.05) is 20.2 Å². The third-order valence-electron chi connectivity index (χ3n) is 8.30. The number of carboxylic acid groups (broad SMARTS) is 1. The molecule has 1 saturated heterocycles. The van der Waals surface area contributed by atoms with Gasteiger partial charge in [0, 0.05) is 29.6 Å². The van der Waals surface area contributed by atoms with Gasteiger partial charge in [0.05, 0.1) is 30.8 Å². The Labute approximate surface area is 219 Å². The molecule has 6 nitrogen and oxygen atoms in total. The highest BCUT2D eigenvalue weighted by molar-refractivity contribution is 5.84. The van der Waals surface area contributed by atoms with Crippen LogP contribution in [-0.4, -0.2) is 52.3 Å². The number of carbonyl (C=O) groups is 1. The van der Waals surface area contributed by atoms with E-state index >= 15 is 0 Å². The van der Waals surface area contributed by atoms with Crippen LogP contribution in [0.5, 0.6) is 5.75 Å². The van der Waals surface area contributed by atoms with Crippen LogP contribution in [0.2, 0.25) is 0 Å². The Morgan fingerprint density at radius 3 is 2.58 bits per heavy atom. The number of fused-ring (bicyclic) bond motifs is 1. The van der Waals surface area contributed by atoms with Gasteiger partial charge in [-0.25, -0.2) is 13.2 Å². The maximum atomic E-state index is 14.8. The number of ether oxygens (including phenoxy) is 1. The molecule has 38 heavy (non-hydrogen) atoms. The number of aromatic nitrogens is 1. The van der Waals surface area contributed by atoms with Crippen molar-refractivity contribution in [3.8, 4) is 5.75 Å². The molecule has 2 N–H and O–H groups in total. The molecular weight excluding hydrogens is 497 g/mol. The van der Waals surface area contributed by atoms with E-state index in [-0.39, 0.29) is 29.9 Å². The number of carboxylic acids is 1. The lowest BCUT2D eigenvalue weighted by molar-refractivity contribution is -0.147. The molecule has 3 aromatic rings. The van der Waals surface area contributed by atoms with E-state index in [1.807, 2.05) is 0 Å². The van der Waals surface area contributed by atoms with Crippen molar-refractivity contribution in [3.05, 3.63) is 71.2 Å². The number of hydrogen-bond acceptors (Lipinski definition) is 5. The lowest BCUT2D eigenvalue weighted by Gasteiger charge is -2.47. The second kappa shape index (κ2) is 10.9. The minimum Gasteiger partial charge on any atom is -0.497 e. The van der Waals surface area contributed by atoms with Gasteiger partial charge in [-0.05, 0) is 86.4 Å². The quantitative estimate of drug-likeness (QED) is 0.405. The molecule has 1 aliphatic heterocycles. The summed E-state index contributed by atoms with van der Waals surface area (Å²) in [5.41, 5.74) is 1.33. The number of aliphatic hydroxyl groups excluding tert-OH is 1. The van der Waals surface area contributed by atoms with E-state index in [0.29, 0.717) is 48.1 Å². The fraction of sp³-hybridized carbons (Fsp3) is 0.448. The monoisotopic (exact) mass is 528 g/mol. The normalized spacial score (nSPS) is 24.7. The first-order chi connectivity index (χ1) is 18.2. The molecule has 0 unspecified atom stereocenters. The van der Waals surface area contributed by atoms with Crippen molar-refractivity contribution < 1.29 is 32.9 Å². The van der Waals surface area contributed by atoms with Crippen LogP contribution >= 0.6 is 0 Å². The third-order valence-corrected chi connectivity index (χ3v) is 8.30. The molecule has 0 bridgehead atoms. The number of piperidine rings is 1. The number of methoxy groups -OCH3 is 1. The van der Waals surface area contributed by atoms with Crippen LogP contribution in [0.4, 0.5) is 13.2 Å². The topological polar surface area (TPSA) is 82.9 Å². The Balaban J connectivity index is 1.22. The summed E-state index contributed by atoms with van der Waals surface area (Å²) >= 11 is 0. The molecule has 2 fully saturated rings. The van der Waals surface area contributed by atoms with Gasteiger partial charge in [-0.1, -0.05) is 0 Å². The lowest BCUT2D eigenvalue weighted by atomic mass is 9.73. The number of likely N-dealkylation sites (tertiary alicyclic amines) is 1. The molecule has 202 valence electrons. The number of pyridine rings is 1. The van der Waals surface area contributed by atoms with Crippen LogP contribution in [0.25, 0.3) is 10.9 Å². The summed E-state index contributed by atoms with van der Waals surface area (Å²) in [6.07, 6.45) is 2.75. The summed E-state index contributed by atoms with van der Waals surface area (Å²) in [6, 6.07) is 8.84. The number of halogens is 3. The first-order valence-corrected chi connectivity index (χ1v) is 13.0. The SMILES string of the molecule is COc1ccc2ncc(F)c([C@@H](O)CC[C@@H]3CCN(C4CC(c5cc(F)cc(F)c5)C4)C[C@@H]3C(=O)O)c2c1. The van der Waals surface area contributed by atoms with E-state index in [9.17, 15) is 28.2 Å². The minimum absolute atomic E-state index is 0.0602. The number of rotatable bonds is 8. The van der Waals surface area contributed by atoms with Crippen molar-refractivity contribution in [2.45, 2.75) is 50.2 Å². The Hall–Kier alpha value is -3.17. The predicted octanol–water partition coefficient (Wildman–Crippen LogP) is 5.44. The fourth-order valence-corrected chi connectivity index (χ4v) is 6.10. The van der Waals surface area contributed by atoms with Gasteiger partial charge in [0.2, 0.25) is 0 Å². The molecule has 2 aliphatic rings. The van der Waals surface area contributed by atoms with Gasteiger partial charge in [-0.3, -0.25) is 14.7 Å². The summed E-state index contributed by atoms with van der Waals surface area (Å²) in [4.78, 5) is 18.4. The number of nitrogens with zero attached hydrogens (tertiary/aromatic N) is 2. The highest BCUT2D eigenvalue weighted by Gasteiger charge is 2.41. The van der Waals surface area contributed by atoms with Crippen LogP contribution < -0.4 is 4.74 Å². The van der Waals surface area contributed by atoms with Crippen molar-refractivity contribution in [3.63, 3.8) is 0 Å². The van der Waals surface area contributed by atoms with E-state index in [2.05, 4.69) is 9.88 Å². The zero-order valence-corrected chi connectivity index (χ0v) is 21.1. The van der Waals surface area contributed by atoms with E-state index in [1.54, 1.807) is 18.2 Å². The first kappa shape index (κ1) is 26.4. The number of hydrogen-bond donors (Lipinski definition) is 2. The van der Waals surface area contributed by atoms with Crippen LogP contribution in [0.15, 0.2) is 42.6 Å². The third kappa shape index (κ3) is 5.35. The fourth-order valence-electron chi connectivity index (χ4n) is 6.10. The number of benzene rings is 2. The molecule has 2 heterocycles. The molecule has 1 aromatic heterocycles. The maximum absolute atomic E-state index is 14.8. The summed E-state index contributed by atoms with van der Waals surface area (Å²) in [5.74, 6) is -2.85. The molecule has 3 atom stereocenters. The van der Waals surface area contributed by atoms with Gasteiger partial charge in [0.25, 0.3) is 0 Å². The number of aliphatic carboxylic acids is 1. The van der Waals surface area contributed by atoms with Gasteiger partial charge in [-0.2, -0.15) is 0 Å². The molecule has 1 aliphatic carbocycles. The first-order valence-electron chi connectivity index (χ1n) is 13.0. The summed E-state index contributed by atoms with van der Waals surface area (Å²) in [5, 5.41) is 21.4. The second-order valence-corrected chi connectivity index (χ2v) is 10.5. The van der Waals surface area contributed by atoms with E-state index in [1.165, 1.54) is 19.2 Å². The molecule has 9 heteroatoms. The molecule has 0 spiro atoms. The van der Waals surface area contributed by atoms with Gasteiger partial charge < -0.3 is 14.9 Å². The molecular formula is C29H31F3N2O4. The van der Waals surface area contributed by atoms with Crippen LogP contribution in [0.1, 0.15) is 55.3 Å². The number of aliphatic hydroxyl groups is 1. The summed E-state index contributed by atoms with van der Waals surface area (Å²) in [6.45, 7) is 1.10. The highest BCUT2D eigenvalue weighted by Crippen LogP contribution is 2.43. The molecule has 2 aromatic carbocycles. The van der Waals surface area contributed by atoms with Gasteiger partial charge in [0.1, 0.15) is 23.2 Å². The average molecular weight is 529 g/mol. The van der Waals surface area contributed by atoms with E-state index in [4.69, 9.17) is 4.74 Å². The Morgan fingerprint density at radius 2 is 1.89 bits per heavy atom. The van der Waals surface area contributed by atoms with Crippen LogP contribution in [-0.2, 0) is 4.79 Å². The van der Waals surface area contributed by atoms with Crippen LogP contribution in [0, 0.1) is 29.3 Å². The zero-order chi connectivity index (χ0) is 27.0. The minimum atomic E-state index is -1.11. The summed E-state index contributed by atoms with van der Waals surface area (Å²) < 4.78 is 47.2. The van der Waals surface area contributed by atoms with Crippen molar-refractivity contribution in [1.82, 2.24) is 9.88 Å².